The van der Waals surface area contributed by atoms with E-state index < -0.39 is 16.1 Å². The first-order valence-corrected chi connectivity index (χ1v) is 11.9. The van der Waals surface area contributed by atoms with Crippen molar-refractivity contribution in [2.24, 2.45) is 0 Å². The summed E-state index contributed by atoms with van der Waals surface area (Å²) in [5.41, 5.74) is 2.27. The number of nitrogens with one attached hydrogen (secondary N) is 2. The molecule has 0 bridgehead atoms. The second-order valence-electron chi connectivity index (χ2n) is 6.93. The van der Waals surface area contributed by atoms with Gasteiger partial charge in [-0.25, -0.2) is 27.9 Å². The summed E-state index contributed by atoms with van der Waals surface area (Å²) in [6.45, 7) is 5.10. The highest BCUT2D eigenvalue weighted by Gasteiger charge is 2.19. The number of ether oxygens (including phenoxy) is 1. The minimum absolute atomic E-state index is 0.263. The SMILES string of the molecule is CCOC(=O)Nc1nc2ccccc2c2c1nc(CC)n2CCCCNS(C)(=O)=O. The van der Waals surface area contributed by atoms with Gasteiger partial charge in [0.05, 0.1) is 23.9 Å². The number of nitrogens with zero attached hydrogens (tertiary/aromatic N) is 3. The zero-order valence-corrected chi connectivity index (χ0v) is 18.3. The molecule has 2 heterocycles. The van der Waals surface area contributed by atoms with Gasteiger partial charge in [0.15, 0.2) is 5.82 Å². The van der Waals surface area contributed by atoms with Gasteiger partial charge in [-0.2, -0.15) is 0 Å². The summed E-state index contributed by atoms with van der Waals surface area (Å²) in [4.78, 5) is 21.4. The van der Waals surface area contributed by atoms with Crippen molar-refractivity contribution in [3.63, 3.8) is 0 Å². The molecule has 0 unspecified atom stereocenters. The van der Waals surface area contributed by atoms with E-state index in [4.69, 9.17) is 9.72 Å². The van der Waals surface area contributed by atoms with Crippen LogP contribution < -0.4 is 10.0 Å². The largest absolute Gasteiger partial charge is 0.450 e. The molecule has 0 saturated heterocycles. The molecule has 0 aliphatic carbocycles. The number of amides is 1. The second kappa shape index (κ2) is 9.40. The number of sulfonamides is 1. The maximum Gasteiger partial charge on any atom is 0.412 e. The van der Waals surface area contributed by atoms with E-state index >= 15 is 0 Å². The summed E-state index contributed by atoms with van der Waals surface area (Å²) in [6.07, 6.45) is 2.78. The van der Waals surface area contributed by atoms with Gasteiger partial charge in [-0.1, -0.05) is 25.1 Å². The van der Waals surface area contributed by atoms with Crippen LogP contribution in [0.1, 0.15) is 32.5 Å². The lowest BCUT2D eigenvalue weighted by Crippen LogP contribution is -2.23. The van der Waals surface area contributed by atoms with Crippen LogP contribution in [-0.2, 0) is 27.7 Å². The highest BCUT2D eigenvalue weighted by Crippen LogP contribution is 2.30. The Balaban J connectivity index is 1.99. The predicted octanol–water partition coefficient (Wildman–Crippen LogP) is 3.04. The first-order valence-electron chi connectivity index (χ1n) is 10.00. The molecule has 0 radical (unpaired) electrons. The average molecular weight is 434 g/mol. The van der Waals surface area contributed by atoms with E-state index in [9.17, 15) is 13.2 Å². The normalized spacial score (nSPS) is 11.8. The zero-order chi connectivity index (χ0) is 21.7. The third kappa shape index (κ3) is 5.06. The molecule has 2 N–H and O–H groups in total. The molecule has 0 aliphatic heterocycles. The number of para-hydroxylation sites is 1. The highest BCUT2D eigenvalue weighted by molar-refractivity contribution is 7.88. The lowest BCUT2D eigenvalue weighted by Gasteiger charge is -2.11. The van der Waals surface area contributed by atoms with E-state index in [1.54, 1.807) is 6.92 Å². The Kier molecular flexibility index (Phi) is 6.88. The first-order chi connectivity index (χ1) is 14.3. The van der Waals surface area contributed by atoms with Gasteiger partial charge < -0.3 is 9.30 Å². The monoisotopic (exact) mass is 433 g/mol. The maximum absolute atomic E-state index is 12.0. The minimum Gasteiger partial charge on any atom is -0.450 e. The number of anilines is 1. The van der Waals surface area contributed by atoms with Crippen molar-refractivity contribution >= 4 is 43.9 Å². The number of aryl methyl sites for hydroxylation is 2. The Morgan fingerprint density at radius 1 is 1.17 bits per heavy atom. The number of hydrogen-bond donors (Lipinski definition) is 2. The standard InChI is InChI=1S/C20H27N5O4S/c1-4-16-23-17-18(25(16)13-9-8-12-21-30(3,27)28)14-10-6-7-11-15(14)22-19(17)24-20(26)29-5-2/h6-7,10-11,21H,4-5,8-9,12-13H2,1-3H3,(H,22,24,26). The number of carbonyl (C=O) groups is 1. The lowest BCUT2D eigenvalue weighted by atomic mass is 10.2. The van der Waals surface area contributed by atoms with E-state index in [2.05, 4.69) is 19.6 Å². The van der Waals surface area contributed by atoms with Crippen LogP contribution in [0.15, 0.2) is 24.3 Å². The van der Waals surface area contributed by atoms with E-state index in [1.807, 2.05) is 31.2 Å². The Labute approximate surface area is 175 Å². The van der Waals surface area contributed by atoms with E-state index in [0.717, 1.165) is 34.9 Å². The molecule has 1 amide bonds. The van der Waals surface area contributed by atoms with Gasteiger partial charge in [0, 0.05) is 24.9 Å². The van der Waals surface area contributed by atoms with Crippen molar-refractivity contribution < 1.29 is 17.9 Å². The number of pyridine rings is 1. The van der Waals surface area contributed by atoms with Crippen molar-refractivity contribution in [2.75, 3.05) is 24.7 Å². The van der Waals surface area contributed by atoms with Crippen LogP contribution in [-0.4, -0.2) is 48.5 Å². The van der Waals surface area contributed by atoms with Crippen molar-refractivity contribution in [3.8, 4) is 0 Å². The number of imidazole rings is 1. The number of fused-ring (bicyclic) bond motifs is 3. The molecule has 0 fully saturated rings. The molecule has 3 aromatic rings. The average Bonchev–Trinajstić information content (AvgIpc) is 3.06. The van der Waals surface area contributed by atoms with Crippen molar-refractivity contribution in [1.82, 2.24) is 19.3 Å². The van der Waals surface area contributed by atoms with Gasteiger partial charge in [-0.05, 0) is 25.8 Å². The minimum atomic E-state index is -3.19. The predicted molar refractivity (Wildman–Crippen MR) is 117 cm³/mol. The van der Waals surface area contributed by atoms with E-state index in [-0.39, 0.29) is 6.61 Å². The van der Waals surface area contributed by atoms with Crippen LogP contribution in [0.25, 0.3) is 21.9 Å². The summed E-state index contributed by atoms with van der Waals surface area (Å²) >= 11 is 0. The molecule has 30 heavy (non-hydrogen) atoms. The molecule has 9 nitrogen and oxygen atoms in total. The van der Waals surface area contributed by atoms with Crippen LogP contribution in [0.4, 0.5) is 10.6 Å². The molecular weight excluding hydrogens is 406 g/mol. The molecule has 0 aliphatic rings. The summed E-state index contributed by atoms with van der Waals surface area (Å²) in [5.74, 6) is 1.25. The number of unbranched alkanes of at least 4 members (excludes halogenated alkanes) is 1. The fourth-order valence-corrected chi connectivity index (χ4v) is 3.91. The van der Waals surface area contributed by atoms with Crippen LogP contribution in [0.5, 0.6) is 0 Å². The van der Waals surface area contributed by atoms with Gasteiger partial charge in [0.2, 0.25) is 10.0 Å². The Morgan fingerprint density at radius 2 is 1.93 bits per heavy atom. The third-order valence-electron chi connectivity index (χ3n) is 4.65. The number of hydrogen-bond acceptors (Lipinski definition) is 6. The van der Waals surface area contributed by atoms with Gasteiger partial charge >= 0.3 is 6.09 Å². The van der Waals surface area contributed by atoms with Gasteiger partial charge in [0.25, 0.3) is 0 Å². The molecule has 0 spiro atoms. The summed E-state index contributed by atoms with van der Waals surface area (Å²) in [5, 5.41) is 3.66. The van der Waals surface area contributed by atoms with Crippen molar-refractivity contribution in [3.05, 3.63) is 30.1 Å². The number of aromatic nitrogens is 3. The third-order valence-corrected chi connectivity index (χ3v) is 5.38. The number of carbonyl (C=O) groups excluding carboxylic acids is 1. The lowest BCUT2D eigenvalue weighted by molar-refractivity contribution is 0.168. The zero-order valence-electron chi connectivity index (χ0n) is 17.4. The highest BCUT2D eigenvalue weighted by atomic mass is 32.2. The van der Waals surface area contributed by atoms with Gasteiger partial charge in [-0.15, -0.1) is 0 Å². The number of benzene rings is 1. The van der Waals surface area contributed by atoms with Gasteiger partial charge in [0.1, 0.15) is 11.3 Å². The Hall–Kier alpha value is -2.72. The molecule has 3 rings (SSSR count). The maximum atomic E-state index is 12.0. The molecule has 2 aromatic heterocycles. The van der Waals surface area contributed by atoms with E-state index in [1.165, 1.54) is 0 Å². The van der Waals surface area contributed by atoms with Crippen LogP contribution >= 0.6 is 0 Å². The Bertz CT molecular complexity index is 1160. The quantitative estimate of drug-likeness (QED) is 0.501. The first kappa shape index (κ1) is 22.0. The van der Waals surface area contributed by atoms with Crippen LogP contribution in [0.3, 0.4) is 0 Å². The fourth-order valence-electron chi connectivity index (χ4n) is 3.40. The summed E-state index contributed by atoms with van der Waals surface area (Å²) in [7, 11) is -3.19. The smallest absolute Gasteiger partial charge is 0.412 e. The molecule has 10 heteroatoms. The van der Waals surface area contributed by atoms with Crippen LogP contribution in [0, 0.1) is 0 Å². The van der Waals surface area contributed by atoms with Gasteiger partial charge in [-0.3, -0.25) is 5.32 Å². The van der Waals surface area contributed by atoms with Crippen molar-refractivity contribution in [1.29, 1.82) is 0 Å². The summed E-state index contributed by atoms with van der Waals surface area (Å²) in [6, 6.07) is 7.72. The molecule has 0 saturated carbocycles. The summed E-state index contributed by atoms with van der Waals surface area (Å²) < 4.78 is 32.1. The molecular formula is C20H27N5O4S. The second-order valence-corrected chi connectivity index (χ2v) is 8.76. The van der Waals surface area contributed by atoms with Crippen LogP contribution in [0.2, 0.25) is 0 Å². The Morgan fingerprint density at radius 3 is 2.63 bits per heavy atom. The number of rotatable bonds is 9. The fraction of sp³-hybridized carbons (Fsp3) is 0.450. The molecule has 0 atom stereocenters. The van der Waals surface area contributed by atoms with E-state index in [0.29, 0.717) is 37.3 Å². The molecule has 162 valence electrons. The topological polar surface area (TPSA) is 115 Å². The van der Waals surface area contributed by atoms with Crippen molar-refractivity contribution in [2.45, 2.75) is 39.7 Å². The molecule has 1 aromatic carbocycles.